The van der Waals surface area contributed by atoms with Gasteiger partial charge in [-0.05, 0) is 41.6 Å². The zero-order valence-electron chi connectivity index (χ0n) is 11.0. The van der Waals surface area contributed by atoms with Crippen LogP contribution in [0.3, 0.4) is 0 Å². The Hall–Kier alpha value is -1.13. The van der Waals surface area contributed by atoms with Crippen molar-refractivity contribution in [2.24, 2.45) is 0 Å². The van der Waals surface area contributed by atoms with Crippen LogP contribution in [0.1, 0.15) is 16.0 Å². The van der Waals surface area contributed by atoms with Crippen LogP contribution in [-0.2, 0) is 17.8 Å². The quantitative estimate of drug-likeness (QED) is 0.825. The molecule has 0 radical (unpaired) electrons. The molecule has 0 atom stereocenters. The van der Waals surface area contributed by atoms with Gasteiger partial charge in [-0.1, -0.05) is 28.1 Å². The molecule has 4 heteroatoms. The van der Waals surface area contributed by atoms with Crippen molar-refractivity contribution in [2.75, 3.05) is 7.05 Å². The van der Waals surface area contributed by atoms with E-state index in [1.165, 1.54) is 10.4 Å². The molecule has 0 unspecified atom stereocenters. The van der Waals surface area contributed by atoms with Crippen molar-refractivity contribution >= 4 is 33.2 Å². The molecular formula is C15H16BrNOS. The van der Waals surface area contributed by atoms with Crippen LogP contribution in [0.4, 0.5) is 0 Å². The largest absolute Gasteiger partial charge is 0.340 e. The highest BCUT2D eigenvalue weighted by molar-refractivity contribution is 9.10. The minimum Gasteiger partial charge on any atom is -0.340 e. The molecule has 0 saturated carbocycles. The van der Waals surface area contributed by atoms with Gasteiger partial charge in [-0.15, -0.1) is 11.3 Å². The number of carbonyl (C=O) groups excluding carboxylic acids is 1. The highest BCUT2D eigenvalue weighted by atomic mass is 79.9. The van der Waals surface area contributed by atoms with Gasteiger partial charge in [0.05, 0.1) is 13.0 Å². The number of aryl methyl sites for hydroxylation is 1. The molecule has 19 heavy (non-hydrogen) atoms. The third kappa shape index (κ3) is 3.91. The fourth-order valence-corrected chi connectivity index (χ4v) is 3.00. The van der Waals surface area contributed by atoms with E-state index in [-0.39, 0.29) is 5.91 Å². The Morgan fingerprint density at radius 2 is 1.95 bits per heavy atom. The number of halogens is 1. The summed E-state index contributed by atoms with van der Waals surface area (Å²) >= 11 is 5.10. The van der Waals surface area contributed by atoms with Gasteiger partial charge < -0.3 is 4.90 Å². The molecule has 2 rings (SSSR count). The lowest BCUT2D eigenvalue weighted by Crippen LogP contribution is -2.27. The van der Waals surface area contributed by atoms with Gasteiger partial charge in [0.15, 0.2) is 0 Å². The highest BCUT2D eigenvalue weighted by Gasteiger charge is 2.11. The minimum atomic E-state index is 0.148. The van der Waals surface area contributed by atoms with Gasteiger partial charge in [0.1, 0.15) is 0 Å². The number of hydrogen-bond acceptors (Lipinski definition) is 2. The Bertz CT molecular complexity index is 562. The first-order chi connectivity index (χ1) is 9.06. The van der Waals surface area contributed by atoms with Gasteiger partial charge >= 0.3 is 0 Å². The van der Waals surface area contributed by atoms with Crippen LogP contribution in [0.2, 0.25) is 0 Å². The zero-order chi connectivity index (χ0) is 13.8. The van der Waals surface area contributed by atoms with E-state index in [2.05, 4.69) is 34.3 Å². The normalized spacial score (nSPS) is 10.5. The van der Waals surface area contributed by atoms with Crippen LogP contribution in [-0.4, -0.2) is 17.9 Å². The van der Waals surface area contributed by atoms with Crippen molar-refractivity contribution < 1.29 is 4.79 Å². The highest BCUT2D eigenvalue weighted by Crippen LogP contribution is 2.18. The van der Waals surface area contributed by atoms with Gasteiger partial charge in [-0.3, -0.25) is 4.79 Å². The molecule has 100 valence electrons. The molecule has 1 aromatic carbocycles. The second-order valence-corrected chi connectivity index (χ2v) is 6.50. The van der Waals surface area contributed by atoms with E-state index in [1.54, 1.807) is 16.2 Å². The third-order valence-corrected chi connectivity index (χ3v) is 4.58. The first-order valence-electron chi connectivity index (χ1n) is 6.07. The van der Waals surface area contributed by atoms with Crippen molar-refractivity contribution in [3.63, 3.8) is 0 Å². The molecule has 2 nitrogen and oxygen atoms in total. The topological polar surface area (TPSA) is 20.3 Å². The molecule has 0 bridgehead atoms. The van der Waals surface area contributed by atoms with Crippen molar-refractivity contribution in [2.45, 2.75) is 19.9 Å². The maximum absolute atomic E-state index is 12.2. The number of amides is 1. The zero-order valence-corrected chi connectivity index (χ0v) is 13.4. The molecule has 0 N–H and O–H groups in total. The number of likely N-dealkylation sites (N-methyl/N-ethyl adjacent to an activating group) is 1. The van der Waals surface area contributed by atoms with Gasteiger partial charge in [-0.2, -0.15) is 0 Å². The molecule has 2 aromatic rings. The number of carbonyl (C=O) groups is 1. The smallest absolute Gasteiger partial charge is 0.227 e. The average Bonchev–Trinajstić information content (AvgIpc) is 2.78. The van der Waals surface area contributed by atoms with Gasteiger partial charge in [0.25, 0.3) is 0 Å². The predicted octanol–water partition coefficient (Wildman–Crippen LogP) is 4.02. The Kier molecular flexibility index (Phi) is 4.77. The summed E-state index contributed by atoms with van der Waals surface area (Å²) in [4.78, 5) is 15.2. The number of hydrogen-bond donors (Lipinski definition) is 0. The van der Waals surface area contributed by atoms with Crippen molar-refractivity contribution in [1.29, 1.82) is 0 Å². The van der Waals surface area contributed by atoms with Crippen molar-refractivity contribution in [1.82, 2.24) is 4.90 Å². The first kappa shape index (κ1) is 14.3. The van der Waals surface area contributed by atoms with Crippen LogP contribution in [0, 0.1) is 6.92 Å². The average molecular weight is 338 g/mol. The van der Waals surface area contributed by atoms with Crippen molar-refractivity contribution in [3.05, 3.63) is 56.2 Å². The first-order valence-corrected chi connectivity index (χ1v) is 7.75. The molecule has 1 amide bonds. The van der Waals surface area contributed by atoms with Gasteiger partial charge in [-0.25, -0.2) is 0 Å². The molecule has 0 fully saturated rings. The molecular weight excluding hydrogens is 322 g/mol. The Labute approximate surface area is 126 Å². The third-order valence-electron chi connectivity index (χ3n) is 3.04. The van der Waals surface area contributed by atoms with E-state index in [0.29, 0.717) is 13.0 Å². The summed E-state index contributed by atoms with van der Waals surface area (Å²) in [5.41, 5.74) is 2.30. The Morgan fingerprint density at radius 1 is 1.26 bits per heavy atom. The second kappa shape index (κ2) is 6.35. The summed E-state index contributed by atoms with van der Waals surface area (Å²) in [6.45, 7) is 2.78. The fraction of sp³-hybridized carbons (Fsp3) is 0.267. The summed E-state index contributed by atoms with van der Waals surface area (Å²) in [7, 11) is 1.86. The maximum Gasteiger partial charge on any atom is 0.227 e. The van der Waals surface area contributed by atoms with Gasteiger partial charge in [0.2, 0.25) is 5.91 Å². The number of benzene rings is 1. The van der Waals surface area contributed by atoms with E-state index >= 15 is 0 Å². The van der Waals surface area contributed by atoms with E-state index in [9.17, 15) is 4.79 Å². The van der Waals surface area contributed by atoms with Crippen LogP contribution in [0.5, 0.6) is 0 Å². The Balaban J connectivity index is 1.96. The Morgan fingerprint density at radius 3 is 2.53 bits per heavy atom. The molecule has 0 spiro atoms. The summed E-state index contributed by atoms with van der Waals surface area (Å²) in [6, 6.07) is 9.98. The number of nitrogens with zero attached hydrogens (tertiary/aromatic N) is 1. The number of thiophene rings is 1. The summed E-state index contributed by atoms with van der Waals surface area (Å²) in [6.07, 6.45) is 0.453. The monoisotopic (exact) mass is 337 g/mol. The molecule has 0 aliphatic carbocycles. The lowest BCUT2D eigenvalue weighted by atomic mass is 10.1. The second-order valence-electron chi connectivity index (χ2n) is 4.58. The van der Waals surface area contributed by atoms with E-state index < -0.39 is 0 Å². The lowest BCUT2D eigenvalue weighted by molar-refractivity contribution is -0.129. The SMILES string of the molecule is Cc1ccsc1CN(C)C(=O)Cc1ccc(Br)cc1. The van der Waals surface area contributed by atoms with E-state index in [0.717, 1.165) is 10.0 Å². The molecule has 0 aliphatic heterocycles. The minimum absolute atomic E-state index is 0.148. The molecule has 1 aromatic heterocycles. The fourth-order valence-electron chi connectivity index (χ4n) is 1.78. The summed E-state index contributed by atoms with van der Waals surface area (Å²) < 4.78 is 1.03. The van der Waals surface area contributed by atoms with Gasteiger partial charge in [0, 0.05) is 16.4 Å². The maximum atomic E-state index is 12.2. The summed E-state index contributed by atoms with van der Waals surface area (Å²) in [5, 5.41) is 2.07. The predicted molar refractivity (Wildman–Crippen MR) is 83.4 cm³/mol. The van der Waals surface area contributed by atoms with Crippen molar-refractivity contribution in [3.8, 4) is 0 Å². The summed E-state index contributed by atoms with van der Waals surface area (Å²) in [5.74, 6) is 0.148. The number of rotatable bonds is 4. The lowest BCUT2D eigenvalue weighted by Gasteiger charge is -2.17. The van der Waals surface area contributed by atoms with Crippen LogP contribution >= 0.6 is 27.3 Å². The molecule has 1 heterocycles. The van der Waals surface area contributed by atoms with Crippen LogP contribution in [0.25, 0.3) is 0 Å². The van der Waals surface area contributed by atoms with Crippen LogP contribution < -0.4 is 0 Å². The van der Waals surface area contributed by atoms with E-state index in [4.69, 9.17) is 0 Å². The standard InChI is InChI=1S/C15H16BrNOS/c1-11-7-8-19-14(11)10-17(2)15(18)9-12-3-5-13(16)6-4-12/h3-8H,9-10H2,1-2H3. The van der Waals surface area contributed by atoms with Crippen LogP contribution in [0.15, 0.2) is 40.2 Å². The molecule has 0 saturated heterocycles. The van der Waals surface area contributed by atoms with E-state index in [1.807, 2.05) is 31.3 Å². The molecule has 0 aliphatic rings.